The summed E-state index contributed by atoms with van der Waals surface area (Å²) in [6.45, 7) is 4.25. The van der Waals surface area contributed by atoms with Gasteiger partial charge < -0.3 is 9.84 Å². The van der Waals surface area contributed by atoms with E-state index in [9.17, 15) is 4.79 Å². The van der Waals surface area contributed by atoms with Crippen molar-refractivity contribution >= 4 is 5.97 Å². The Balaban J connectivity index is 2.24. The molecule has 3 nitrogen and oxygen atoms in total. The predicted molar refractivity (Wildman–Crippen MR) is 97.4 cm³/mol. The van der Waals surface area contributed by atoms with Gasteiger partial charge in [-0.15, -0.1) is 0 Å². The van der Waals surface area contributed by atoms with Crippen molar-refractivity contribution < 1.29 is 14.6 Å². The monoisotopic (exact) mass is 326 g/mol. The molecule has 1 atom stereocenters. The van der Waals surface area contributed by atoms with Crippen molar-refractivity contribution in [1.82, 2.24) is 0 Å². The number of hydrogen-bond donors (Lipinski definition) is 1. The van der Waals surface area contributed by atoms with Crippen LogP contribution in [0.4, 0.5) is 0 Å². The second kappa shape index (κ2) is 9.11. The van der Waals surface area contributed by atoms with Gasteiger partial charge in [-0.25, -0.2) is 0 Å². The third-order valence-electron chi connectivity index (χ3n) is 4.01. The lowest BCUT2D eigenvalue weighted by atomic mass is 9.99. The molecule has 1 unspecified atom stereocenters. The highest BCUT2D eigenvalue weighted by molar-refractivity contribution is 5.71. The molecule has 0 aromatic heterocycles. The van der Waals surface area contributed by atoms with E-state index in [1.165, 1.54) is 0 Å². The Kier molecular flexibility index (Phi) is 6.86. The number of benzene rings is 2. The smallest absolute Gasteiger partial charge is 0.303 e. The molecular formula is C21H26O3. The first-order valence-electron chi connectivity index (χ1n) is 8.67. The van der Waals surface area contributed by atoms with Crippen LogP contribution in [0.5, 0.6) is 5.75 Å². The molecule has 0 aliphatic heterocycles. The minimum Gasteiger partial charge on any atom is -0.490 e. The highest BCUT2D eigenvalue weighted by Crippen LogP contribution is 2.32. The van der Waals surface area contributed by atoms with Crippen molar-refractivity contribution in [3.63, 3.8) is 0 Å². The molecule has 2 aromatic rings. The van der Waals surface area contributed by atoms with Gasteiger partial charge in [0, 0.05) is 12.0 Å². The zero-order valence-corrected chi connectivity index (χ0v) is 14.5. The van der Waals surface area contributed by atoms with Crippen molar-refractivity contribution in [2.75, 3.05) is 0 Å². The van der Waals surface area contributed by atoms with Crippen LogP contribution in [0.25, 0.3) is 11.1 Å². The fourth-order valence-electron chi connectivity index (χ4n) is 2.80. The molecule has 0 amide bonds. The van der Waals surface area contributed by atoms with Crippen molar-refractivity contribution in [1.29, 1.82) is 0 Å². The largest absolute Gasteiger partial charge is 0.490 e. The van der Waals surface area contributed by atoms with Crippen LogP contribution in [0.15, 0.2) is 48.5 Å². The fourth-order valence-corrected chi connectivity index (χ4v) is 2.80. The van der Waals surface area contributed by atoms with Gasteiger partial charge in [-0.2, -0.15) is 0 Å². The molecule has 128 valence electrons. The molecule has 2 rings (SSSR count). The van der Waals surface area contributed by atoms with Gasteiger partial charge in [0.15, 0.2) is 0 Å². The second-order valence-electron chi connectivity index (χ2n) is 6.16. The third-order valence-corrected chi connectivity index (χ3v) is 4.01. The van der Waals surface area contributed by atoms with Gasteiger partial charge in [-0.3, -0.25) is 4.79 Å². The summed E-state index contributed by atoms with van der Waals surface area (Å²) in [4.78, 5) is 10.7. The number of carbonyl (C=O) groups is 1. The Morgan fingerprint density at radius 3 is 2.58 bits per heavy atom. The molecule has 0 heterocycles. The second-order valence-corrected chi connectivity index (χ2v) is 6.16. The van der Waals surface area contributed by atoms with E-state index < -0.39 is 5.97 Å². The number of carboxylic acids is 1. The molecule has 0 radical (unpaired) electrons. The lowest BCUT2D eigenvalue weighted by Gasteiger charge is -2.18. The van der Waals surface area contributed by atoms with E-state index in [0.717, 1.165) is 41.7 Å². The minimum atomic E-state index is -0.744. The highest BCUT2D eigenvalue weighted by atomic mass is 16.5. The van der Waals surface area contributed by atoms with E-state index in [0.29, 0.717) is 6.42 Å². The highest BCUT2D eigenvalue weighted by Gasteiger charge is 2.11. The maximum absolute atomic E-state index is 10.7. The van der Waals surface area contributed by atoms with Crippen LogP contribution in [-0.2, 0) is 11.2 Å². The Morgan fingerprint density at radius 1 is 1.17 bits per heavy atom. The van der Waals surface area contributed by atoms with E-state index in [-0.39, 0.29) is 12.5 Å². The van der Waals surface area contributed by atoms with Gasteiger partial charge in [0.1, 0.15) is 5.75 Å². The predicted octanol–water partition coefficient (Wildman–Crippen LogP) is 5.33. The van der Waals surface area contributed by atoms with E-state index in [4.69, 9.17) is 9.84 Å². The first kappa shape index (κ1) is 18.1. The number of ether oxygens (including phenoxy) is 1. The summed E-state index contributed by atoms with van der Waals surface area (Å²) in [7, 11) is 0. The summed E-state index contributed by atoms with van der Waals surface area (Å²) >= 11 is 0. The standard InChI is InChI=1S/C21H26O3/c1-3-8-16(2)24-20-14-13-17(9-7-12-21(22)23)15-19(20)18-10-5-4-6-11-18/h4-6,10-11,13-16H,3,7-9,12H2,1-2H3,(H,22,23). The van der Waals surface area contributed by atoms with Crippen molar-refractivity contribution in [2.45, 2.75) is 52.1 Å². The van der Waals surface area contributed by atoms with Crippen LogP contribution in [0.3, 0.4) is 0 Å². The number of carboxylic acid groups (broad SMARTS) is 1. The Morgan fingerprint density at radius 2 is 1.92 bits per heavy atom. The quantitative estimate of drug-likeness (QED) is 0.677. The van der Waals surface area contributed by atoms with Crippen molar-refractivity contribution in [3.05, 3.63) is 54.1 Å². The van der Waals surface area contributed by atoms with Gasteiger partial charge in [0.05, 0.1) is 6.10 Å². The Bertz CT molecular complexity index is 649. The van der Waals surface area contributed by atoms with Crippen molar-refractivity contribution in [3.8, 4) is 16.9 Å². The van der Waals surface area contributed by atoms with E-state index >= 15 is 0 Å². The first-order chi connectivity index (χ1) is 11.6. The maximum atomic E-state index is 10.7. The van der Waals surface area contributed by atoms with Gasteiger partial charge in [0.25, 0.3) is 0 Å². The van der Waals surface area contributed by atoms with Crippen LogP contribution in [0, 0.1) is 0 Å². The fraction of sp³-hybridized carbons (Fsp3) is 0.381. The summed E-state index contributed by atoms with van der Waals surface area (Å²) in [6.07, 6.45) is 3.90. The minimum absolute atomic E-state index is 0.176. The van der Waals surface area contributed by atoms with E-state index in [1.54, 1.807) is 0 Å². The lowest BCUT2D eigenvalue weighted by Crippen LogP contribution is -2.11. The maximum Gasteiger partial charge on any atom is 0.303 e. The topological polar surface area (TPSA) is 46.5 Å². The number of aliphatic carboxylic acids is 1. The number of aryl methyl sites for hydroxylation is 1. The molecule has 1 N–H and O–H groups in total. The summed E-state index contributed by atoms with van der Waals surface area (Å²) in [5.41, 5.74) is 3.34. The summed E-state index contributed by atoms with van der Waals surface area (Å²) < 4.78 is 6.14. The van der Waals surface area contributed by atoms with Crippen LogP contribution >= 0.6 is 0 Å². The summed E-state index contributed by atoms with van der Waals surface area (Å²) in [5.74, 6) is 0.149. The zero-order chi connectivity index (χ0) is 17.4. The van der Waals surface area contributed by atoms with Gasteiger partial charge in [-0.1, -0.05) is 49.7 Å². The zero-order valence-electron chi connectivity index (χ0n) is 14.5. The molecule has 24 heavy (non-hydrogen) atoms. The Labute approximate surface area is 144 Å². The number of hydrogen-bond acceptors (Lipinski definition) is 2. The summed E-state index contributed by atoms with van der Waals surface area (Å²) in [6, 6.07) is 16.4. The Hall–Kier alpha value is -2.29. The molecule has 0 fully saturated rings. The van der Waals surface area contributed by atoms with E-state index in [1.807, 2.05) is 30.3 Å². The first-order valence-corrected chi connectivity index (χ1v) is 8.67. The SMILES string of the molecule is CCCC(C)Oc1ccc(CCCC(=O)O)cc1-c1ccccc1. The van der Waals surface area contributed by atoms with Gasteiger partial charge >= 0.3 is 5.97 Å². The molecule has 0 aliphatic rings. The summed E-state index contributed by atoms with van der Waals surface area (Å²) in [5, 5.41) is 8.80. The van der Waals surface area contributed by atoms with Crippen LogP contribution in [0.2, 0.25) is 0 Å². The molecule has 0 spiro atoms. The molecular weight excluding hydrogens is 300 g/mol. The lowest BCUT2D eigenvalue weighted by molar-refractivity contribution is -0.137. The van der Waals surface area contributed by atoms with Crippen LogP contribution in [-0.4, -0.2) is 17.2 Å². The molecule has 0 saturated carbocycles. The van der Waals surface area contributed by atoms with Crippen LogP contribution in [0.1, 0.15) is 45.1 Å². The van der Waals surface area contributed by atoms with Gasteiger partial charge in [-0.05, 0) is 49.4 Å². The molecule has 0 aliphatic carbocycles. The normalized spacial score (nSPS) is 11.9. The van der Waals surface area contributed by atoms with Gasteiger partial charge in [0.2, 0.25) is 0 Å². The third kappa shape index (κ3) is 5.41. The van der Waals surface area contributed by atoms with Crippen molar-refractivity contribution in [2.24, 2.45) is 0 Å². The molecule has 3 heteroatoms. The number of rotatable bonds is 9. The average Bonchev–Trinajstić information content (AvgIpc) is 2.57. The van der Waals surface area contributed by atoms with Crippen LogP contribution < -0.4 is 4.74 Å². The molecule has 2 aromatic carbocycles. The molecule has 0 bridgehead atoms. The molecule has 0 saturated heterocycles. The van der Waals surface area contributed by atoms with E-state index in [2.05, 4.69) is 32.0 Å². The average molecular weight is 326 g/mol.